The van der Waals surface area contributed by atoms with Crippen molar-refractivity contribution in [2.75, 3.05) is 24.5 Å². The Morgan fingerprint density at radius 2 is 2.14 bits per heavy atom. The van der Waals surface area contributed by atoms with E-state index in [9.17, 15) is 4.79 Å². The summed E-state index contributed by atoms with van der Waals surface area (Å²) in [7, 11) is 0. The standard InChI is InChI=1S/C16H26N4O/c1-12(2)14(11-17)16(21)19-13-6-9-20(10-7-13)15-5-3-4-8-18-15/h3-5,8,12-14H,6-7,9-11,17H2,1-2H3,(H,19,21). The first-order valence-corrected chi connectivity index (χ1v) is 7.78. The number of hydrogen-bond acceptors (Lipinski definition) is 4. The Kier molecular flexibility index (Phi) is 5.56. The van der Waals surface area contributed by atoms with Crippen LogP contribution in [0, 0.1) is 11.8 Å². The summed E-state index contributed by atoms with van der Waals surface area (Å²) < 4.78 is 0. The van der Waals surface area contributed by atoms with Crippen LogP contribution in [0.25, 0.3) is 0 Å². The Hall–Kier alpha value is -1.62. The lowest BCUT2D eigenvalue weighted by Crippen LogP contribution is -2.48. The number of anilines is 1. The van der Waals surface area contributed by atoms with Crippen LogP contribution in [0.3, 0.4) is 0 Å². The van der Waals surface area contributed by atoms with Gasteiger partial charge in [0.15, 0.2) is 0 Å². The highest BCUT2D eigenvalue weighted by atomic mass is 16.2. The minimum atomic E-state index is -0.0844. The number of amides is 1. The molecule has 0 saturated carbocycles. The van der Waals surface area contributed by atoms with Gasteiger partial charge in [-0.1, -0.05) is 19.9 Å². The molecule has 0 aliphatic carbocycles. The van der Waals surface area contributed by atoms with E-state index < -0.39 is 0 Å². The van der Waals surface area contributed by atoms with Crippen LogP contribution in [0.4, 0.5) is 5.82 Å². The highest BCUT2D eigenvalue weighted by Crippen LogP contribution is 2.18. The lowest BCUT2D eigenvalue weighted by molar-refractivity contribution is -0.126. The topological polar surface area (TPSA) is 71.2 Å². The normalized spacial score (nSPS) is 17.8. The van der Waals surface area contributed by atoms with Gasteiger partial charge < -0.3 is 16.0 Å². The molecule has 1 unspecified atom stereocenters. The number of aromatic nitrogens is 1. The molecule has 0 aromatic carbocycles. The number of carbonyl (C=O) groups excluding carboxylic acids is 1. The summed E-state index contributed by atoms with van der Waals surface area (Å²) in [6.07, 6.45) is 3.73. The molecule has 1 aromatic rings. The van der Waals surface area contributed by atoms with E-state index in [4.69, 9.17) is 5.73 Å². The zero-order valence-electron chi connectivity index (χ0n) is 13.0. The third kappa shape index (κ3) is 4.17. The van der Waals surface area contributed by atoms with E-state index in [1.165, 1.54) is 0 Å². The number of nitrogens with zero attached hydrogens (tertiary/aromatic N) is 2. The van der Waals surface area contributed by atoms with E-state index in [2.05, 4.69) is 15.2 Å². The van der Waals surface area contributed by atoms with E-state index >= 15 is 0 Å². The van der Waals surface area contributed by atoms with Gasteiger partial charge in [0.2, 0.25) is 5.91 Å². The first kappa shape index (κ1) is 15.8. The van der Waals surface area contributed by atoms with Gasteiger partial charge in [0, 0.05) is 31.9 Å². The van der Waals surface area contributed by atoms with Crippen LogP contribution in [0.2, 0.25) is 0 Å². The second-order valence-corrected chi connectivity index (χ2v) is 6.04. The van der Waals surface area contributed by atoms with Gasteiger partial charge >= 0.3 is 0 Å². The Morgan fingerprint density at radius 1 is 1.43 bits per heavy atom. The van der Waals surface area contributed by atoms with Gasteiger partial charge in [-0.05, 0) is 30.9 Å². The minimum absolute atomic E-state index is 0.0844. The average molecular weight is 290 g/mol. The SMILES string of the molecule is CC(C)C(CN)C(=O)NC1CCN(c2ccccn2)CC1. The van der Waals surface area contributed by atoms with Crippen molar-refractivity contribution in [3.8, 4) is 0 Å². The summed E-state index contributed by atoms with van der Waals surface area (Å²) >= 11 is 0. The van der Waals surface area contributed by atoms with Crippen LogP contribution in [-0.2, 0) is 4.79 Å². The second kappa shape index (κ2) is 7.41. The van der Waals surface area contributed by atoms with Crippen molar-refractivity contribution in [2.45, 2.75) is 32.7 Å². The van der Waals surface area contributed by atoms with Crippen LogP contribution < -0.4 is 16.0 Å². The number of rotatable bonds is 5. The largest absolute Gasteiger partial charge is 0.356 e. The van der Waals surface area contributed by atoms with Crippen LogP contribution in [0.15, 0.2) is 24.4 Å². The molecule has 0 spiro atoms. The highest BCUT2D eigenvalue weighted by Gasteiger charge is 2.25. The molecule has 1 aliphatic rings. The molecule has 1 saturated heterocycles. The molecular weight excluding hydrogens is 264 g/mol. The lowest BCUT2D eigenvalue weighted by atomic mass is 9.94. The molecule has 1 aliphatic heterocycles. The number of nitrogens with two attached hydrogens (primary N) is 1. The van der Waals surface area contributed by atoms with Crippen LogP contribution >= 0.6 is 0 Å². The van der Waals surface area contributed by atoms with Crippen LogP contribution in [0.5, 0.6) is 0 Å². The van der Waals surface area contributed by atoms with Crippen LogP contribution in [0.1, 0.15) is 26.7 Å². The zero-order valence-corrected chi connectivity index (χ0v) is 13.0. The van der Waals surface area contributed by atoms with Gasteiger partial charge in [-0.25, -0.2) is 4.98 Å². The summed E-state index contributed by atoms with van der Waals surface area (Å²) in [5.74, 6) is 1.32. The summed E-state index contributed by atoms with van der Waals surface area (Å²) in [4.78, 5) is 18.9. The highest BCUT2D eigenvalue weighted by molar-refractivity contribution is 5.79. The molecule has 0 bridgehead atoms. The van der Waals surface area contributed by atoms with Gasteiger partial charge in [-0.2, -0.15) is 0 Å². The van der Waals surface area contributed by atoms with Crippen molar-refractivity contribution in [1.29, 1.82) is 0 Å². The van der Waals surface area contributed by atoms with Crippen molar-refractivity contribution < 1.29 is 4.79 Å². The van der Waals surface area contributed by atoms with Gasteiger partial charge in [0.05, 0.1) is 5.92 Å². The number of piperidine rings is 1. The maximum absolute atomic E-state index is 12.2. The second-order valence-electron chi connectivity index (χ2n) is 6.04. The number of carbonyl (C=O) groups is 1. The Bertz CT molecular complexity index is 441. The quantitative estimate of drug-likeness (QED) is 0.860. The number of nitrogens with one attached hydrogen (secondary N) is 1. The maximum atomic E-state index is 12.2. The summed E-state index contributed by atoms with van der Waals surface area (Å²) in [6, 6.07) is 6.22. The molecule has 5 heteroatoms. The van der Waals surface area contributed by atoms with Gasteiger partial charge in [0.1, 0.15) is 5.82 Å². The first-order chi connectivity index (χ1) is 10.1. The van der Waals surface area contributed by atoms with Crippen LogP contribution in [-0.4, -0.2) is 36.6 Å². The smallest absolute Gasteiger partial charge is 0.224 e. The molecule has 3 N–H and O–H groups in total. The van der Waals surface area contributed by atoms with Crippen molar-refractivity contribution in [2.24, 2.45) is 17.6 Å². The fraction of sp³-hybridized carbons (Fsp3) is 0.625. The zero-order chi connectivity index (χ0) is 15.2. The summed E-state index contributed by atoms with van der Waals surface area (Å²) in [5, 5.41) is 3.16. The third-order valence-electron chi connectivity index (χ3n) is 4.21. The van der Waals surface area contributed by atoms with Crippen molar-refractivity contribution in [1.82, 2.24) is 10.3 Å². The molecule has 21 heavy (non-hydrogen) atoms. The van der Waals surface area contributed by atoms with Gasteiger partial charge in [-0.15, -0.1) is 0 Å². The molecule has 5 nitrogen and oxygen atoms in total. The number of hydrogen-bond donors (Lipinski definition) is 2. The summed E-state index contributed by atoms with van der Waals surface area (Å²) in [5.41, 5.74) is 5.70. The molecule has 116 valence electrons. The maximum Gasteiger partial charge on any atom is 0.224 e. The monoisotopic (exact) mass is 290 g/mol. The molecule has 2 rings (SSSR count). The first-order valence-electron chi connectivity index (χ1n) is 7.78. The molecule has 1 atom stereocenters. The molecule has 1 fully saturated rings. The van der Waals surface area contributed by atoms with Crippen molar-refractivity contribution >= 4 is 11.7 Å². The Balaban J connectivity index is 1.83. The molecule has 0 radical (unpaired) electrons. The van der Waals surface area contributed by atoms with Crippen molar-refractivity contribution in [3.63, 3.8) is 0 Å². The lowest BCUT2D eigenvalue weighted by Gasteiger charge is -2.34. The predicted octanol–water partition coefficient (Wildman–Crippen LogP) is 1.40. The average Bonchev–Trinajstić information content (AvgIpc) is 2.49. The fourth-order valence-electron chi connectivity index (χ4n) is 2.78. The molecule has 1 aromatic heterocycles. The predicted molar refractivity (Wildman–Crippen MR) is 85.0 cm³/mol. The molecule has 1 amide bonds. The summed E-state index contributed by atoms with van der Waals surface area (Å²) in [6.45, 7) is 6.35. The van der Waals surface area contributed by atoms with E-state index in [0.29, 0.717) is 6.54 Å². The van der Waals surface area contributed by atoms with Gasteiger partial charge in [0.25, 0.3) is 0 Å². The number of pyridine rings is 1. The molecular formula is C16H26N4O. The third-order valence-corrected chi connectivity index (χ3v) is 4.21. The molecule has 2 heterocycles. The van der Waals surface area contributed by atoms with Gasteiger partial charge in [-0.3, -0.25) is 4.79 Å². The van der Waals surface area contributed by atoms with E-state index in [1.807, 2.05) is 38.2 Å². The van der Waals surface area contributed by atoms with E-state index in [0.717, 1.165) is 31.7 Å². The Labute approximate surface area is 126 Å². The van der Waals surface area contributed by atoms with Crippen molar-refractivity contribution in [3.05, 3.63) is 24.4 Å². The minimum Gasteiger partial charge on any atom is -0.356 e. The Morgan fingerprint density at radius 3 is 2.67 bits per heavy atom. The van der Waals surface area contributed by atoms with E-state index in [-0.39, 0.29) is 23.8 Å². The fourth-order valence-corrected chi connectivity index (χ4v) is 2.78. The van der Waals surface area contributed by atoms with E-state index in [1.54, 1.807) is 0 Å².